The largest absolute Gasteiger partial charge is 0.508 e. The van der Waals surface area contributed by atoms with Gasteiger partial charge < -0.3 is 14.9 Å². The number of benzene rings is 1. The lowest BCUT2D eigenvalue weighted by Gasteiger charge is -2.07. The molecule has 0 aliphatic heterocycles. The molecule has 14 heavy (non-hydrogen) atoms. The fourth-order valence-electron chi connectivity index (χ4n) is 1.07. The lowest BCUT2D eigenvalue weighted by atomic mass is 10.1. The summed E-state index contributed by atoms with van der Waals surface area (Å²) in [5.41, 5.74) is 0.765. The first-order chi connectivity index (χ1) is 6.63. The zero-order chi connectivity index (χ0) is 10.6. The van der Waals surface area contributed by atoms with E-state index in [0.29, 0.717) is 0 Å². The van der Waals surface area contributed by atoms with Gasteiger partial charge in [0, 0.05) is 6.42 Å². The molecule has 1 rings (SSSR count). The molecule has 0 unspecified atom stereocenters. The van der Waals surface area contributed by atoms with Gasteiger partial charge in [-0.2, -0.15) is 0 Å². The molecule has 0 spiro atoms. The fraction of sp³-hybridized carbons (Fsp3) is 0.300. The first-order valence-electron chi connectivity index (χ1n) is 4.17. The van der Waals surface area contributed by atoms with Crippen LogP contribution in [0.15, 0.2) is 24.3 Å². The van der Waals surface area contributed by atoms with Gasteiger partial charge in [-0.25, -0.2) is 4.79 Å². The molecule has 2 N–H and O–H groups in total. The maximum Gasteiger partial charge on any atom is 0.335 e. The van der Waals surface area contributed by atoms with Gasteiger partial charge in [0.2, 0.25) is 0 Å². The molecule has 0 aliphatic carbocycles. The van der Waals surface area contributed by atoms with Crippen molar-refractivity contribution in [1.29, 1.82) is 0 Å². The third kappa shape index (κ3) is 2.74. The van der Waals surface area contributed by atoms with Crippen LogP contribution < -0.4 is 0 Å². The number of hydrogen-bond donors (Lipinski definition) is 2. The number of aliphatic hydroxyl groups is 1. The molecule has 0 fully saturated rings. The van der Waals surface area contributed by atoms with Gasteiger partial charge in [0.15, 0.2) is 6.10 Å². The van der Waals surface area contributed by atoms with Gasteiger partial charge in [-0.1, -0.05) is 12.1 Å². The lowest BCUT2D eigenvalue weighted by Crippen LogP contribution is -2.23. The second kappa shape index (κ2) is 4.62. The molecule has 0 saturated carbocycles. The van der Waals surface area contributed by atoms with Crippen molar-refractivity contribution in [3.8, 4) is 5.75 Å². The topological polar surface area (TPSA) is 66.8 Å². The number of esters is 1. The molecule has 0 saturated heterocycles. The third-order valence-electron chi connectivity index (χ3n) is 1.84. The van der Waals surface area contributed by atoms with Crippen LogP contribution in [-0.4, -0.2) is 29.4 Å². The van der Waals surface area contributed by atoms with Gasteiger partial charge in [-0.05, 0) is 17.7 Å². The second-order valence-electron chi connectivity index (χ2n) is 2.91. The van der Waals surface area contributed by atoms with Crippen molar-refractivity contribution in [2.24, 2.45) is 0 Å². The van der Waals surface area contributed by atoms with E-state index in [1.807, 2.05) is 0 Å². The number of phenolic OH excluding ortho intramolecular Hbond substituents is 1. The number of hydrogen-bond acceptors (Lipinski definition) is 4. The van der Waals surface area contributed by atoms with E-state index in [4.69, 9.17) is 5.11 Å². The minimum Gasteiger partial charge on any atom is -0.508 e. The van der Waals surface area contributed by atoms with E-state index >= 15 is 0 Å². The van der Waals surface area contributed by atoms with Gasteiger partial charge >= 0.3 is 5.97 Å². The predicted octanol–water partition coefficient (Wildman–Crippen LogP) is 0.469. The third-order valence-corrected chi connectivity index (χ3v) is 1.84. The molecule has 76 valence electrons. The molecule has 1 aromatic carbocycles. The average molecular weight is 196 g/mol. The smallest absolute Gasteiger partial charge is 0.335 e. The van der Waals surface area contributed by atoms with E-state index in [-0.39, 0.29) is 12.2 Å². The van der Waals surface area contributed by atoms with Crippen molar-refractivity contribution in [1.82, 2.24) is 0 Å². The minimum absolute atomic E-state index is 0.154. The van der Waals surface area contributed by atoms with Gasteiger partial charge in [-0.15, -0.1) is 0 Å². The highest BCUT2D eigenvalue weighted by molar-refractivity contribution is 5.74. The predicted molar refractivity (Wildman–Crippen MR) is 49.8 cm³/mol. The minimum atomic E-state index is -1.15. The van der Waals surface area contributed by atoms with Crippen LogP contribution in [-0.2, 0) is 16.0 Å². The van der Waals surface area contributed by atoms with E-state index < -0.39 is 12.1 Å². The molecule has 0 aromatic heterocycles. The molecule has 0 aliphatic rings. The Labute approximate surface area is 81.8 Å². The Balaban J connectivity index is 2.60. The van der Waals surface area contributed by atoms with Crippen LogP contribution in [0.4, 0.5) is 0 Å². The first kappa shape index (κ1) is 10.5. The van der Waals surface area contributed by atoms with Gasteiger partial charge in [0.25, 0.3) is 0 Å². The summed E-state index contributed by atoms with van der Waals surface area (Å²) in [7, 11) is 1.22. The van der Waals surface area contributed by atoms with E-state index in [2.05, 4.69) is 4.74 Å². The van der Waals surface area contributed by atoms with Gasteiger partial charge in [-0.3, -0.25) is 0 Å². The van der Waals surface area contributed by atoms with Crippen LogP contribution in [0.1, 0.15) is 5.56 Å². The van der Waals surface area contributed by atoms with Crippen molar-refractivity contribution < 1.29 is 19.7 Å². The van der Waals surface area contributed by atoms with E-state index in [9.17, 15) is 9.90 Å². The highest BCUT2D eigenvalue weighted by atomic mass is 16.5. The van der Waals surface area contributed by atoms with Crippen LogP contribution in [0.25, 0.3) is 0 Å². The highest BCUT2D eigenvalue weighted by Crippen LogP contribution is 2.11. The maximum absolute atomic E-state index is 10.9. The zero-order valence-corrected chi connectivity index (χ0v) is 7.80. The summed E-state index contributed by atoms with van der Waals surface area (Å²) in [6, 6.07) is 6.28. The Bertz CT molecular complexity index is 304. The van der Waals surface area contributed by atoms with Crippen LogP contribution in [0, 0.1) is 0 Å². The van der Waals surface area contributed by atoms with Gasteiger partial charge in [0.05, 0.1) is 7.11 Å². The number of carbonyl (C=O) groups is 1. The van der Waals surface area contributed by atoms with Crippen molar-refractivity contribution in [3.63, 3.8) is 0 Å². The van der Waals surface area contributed by atoms with Crippen molar-refractivity contribution >= 4 is 5.97 Å². The first-order valence-corrected chi connectivity index (χ1v) is 4.17. The Kier molecular flexibility index (Phi) is 3.48. The summed E-state index contributed by atoms with van der Waals surface area (Å²) in [4.78, 5) is 10.9. The summed E-state index contributed by atoms with van der Waals surface area (Å²) in [5, 5.41) is 18.3. The van der Waals surface area contributed by atoms with Crippen LogP contribution in [0.3, 0.4) is 0 Å². The number of aliphatic hydroxyl groups excluding tert-OH is 1. The molecule has 4 heteroatoms. The van der Waals surface area contributed by atoms with E-state index in [1.54, 1.807) is 12.1 Å². The van der Waals surface area contributed by atoms with E-state index in [1.165, 1.54) is 19.2 Å². The average Bonchev–Trinajstić information content (AvgIpc) is 2.20. The van der Waals surface area contributed by atoms with E-state index in [0.717, 1.165) is 5.56 Å². The molecule has 4 nitrogen and oxygen atoms in total. The zero-order valence-electron chi connectivity index (χ0n) is 7.80. The number of ether oxygens (including phenoxy) is 1. The highest BCUT2D eigenvalue weighted by Gasteiger charge is 2.15. The fourth-order valence-corrected chi connectivity index (χ4v) is 1.07. The molecular formula is C10H12O4. The number of carbonyl (C=O) groups excluding carboxylic acids is 1. The Morgan fingerprint density at radius 1 is 1.43 bits per heavy atom. The Morgan fingerprint density at radius 3 is 2.50 bits per heavy atom. The second-order valence-corrected chi connectivity index (χ2v) is 2.91. The molecule has 0 heterocycles. The standard InChI is InChI=1S/C10H12O4/c1-14-10(13)9(12)6-7-2-4-8(11)5-3-7/h2-5,9,11-12H,6H2,1H3/t9-/m0/s1. The summed E-state index contributed by atoms with van der Waals surface area (Å²) in [5.74, 6) is -0.501. The molecule has 0 bridgehead atoms. The summed E-state index contributed by atoms with van der Waals surface area (Å²) >= 11 is 0. The molecule has 1 atom stereocenters. The summed E-state index contributed by atoms with van der Waals surface area (Å²) in [6.07, 6.45) is -0.961. The Morgan fingerprint density at radius 2 is 2.00 bits per heavy atom. The lowest BCUT2D eigenvalue weighted by molar-refractivity contribution is -0.150. The molecule has 0 amide bonds. The number of rotatable bonds is 3. The number of aromatic hydroxyl groups is 1. The van der Waals surface area contributed by atoms with Crippen molar-refractivity contribution in [2.45, 2.75) is 12.5 Å². The number of methoxy groups -OCH3 is 1. The van der Waals surface area contributed by atoms with Crippen LogP contribution in [0.5, 0.6) is 5.75 Å². The van der Waals surface area contributed by atoms with Crippen molar-refractivity contribution in [2.75, 3.05) is 7.11 Å². The molecular weight excluding hydrogens is 184 g/mol. The SMILES string of the molecule is COC(=O)[C@@H](O)Cc1ccc(O)cc1. The molecule has 1 aromatic rings. The van der Waals surface area contributed by atoms with Crippen LogP contribution >= 0.6 is 0 Å². The number of phenols is 1. The monoisotopic (exact) mass is 196 g/mol. The summed E-state index contributed by atoms with van der Waals surface area (Å²) in [6.45, 7) is 0. The quantitative estimate of drug-likeness (QED) is 0.689. The normalized spacial score (nSPS) is 12.1. The van der Waals surface area contributed by atoms with Gasteiger partial charge in [0.1, 0.15) is 5.75 Å². The Hall–Kier alpha value is -1.55. The maximum atomic E-state index is 10.9. The van der Waals surface area contributed by atoms with Crippen LogP contribution in [0.2, 0.25) is 0 Å². The van der Waals surface area contributed by atoms with Crippen molar-refractivity contribution in [3.05, 3.63) is 29.8 Å². The summed E-state index contributed by atoms with van der Waals surface area (Å²) < 4.78 is 4.37. The molecule has 0 radical (unpaired) electrons.